The van der Waals surface area contributed by atoms with Gasteiger partial charge in [-0.05, 0) is 24.5 Å². The minimum absolute atomic E-state index is 0.0962. The van der Waals surface area contributed by atoms with Gasteiger partial charge in [-0.3, -0.25) is 0 Å². The molecule has 0 aliphatic carbocycles. The molecule has 114 valence electrons. The van der Waals surface area contributed by atoms with Crippen molar-refractivity contribution in [2.45, 2.75) is 25.7 Å². The van der Waals surface area contributed by atoms with E-state index in [0.29, 0.717) is 0 Å². The Hall–Kier alpha value is -2.34. The van der Waals surface area contributed by atoms with Crippen LogP contribution < -0.4 is 0 Å². The number of hydrogen-bond donors (Lipinski definition) is 0. The van der Waals surface area contributed by atoms with Crippen molar-refractivity contribution in [1.29, 1.82) is 0 Å². The second-order valence-electron chi connectivity index (χ2n) is 5.30. The maximum Gasteiger partial charge on any atom is 0.0209 e. The fraction of sp³-hybridized carbons (Fsp3) is 0.182. The van der Waals surface area contributed by atoms with Gasteiger partial charge in [0, 0.05) is 5.41 Å². The molecule has 0 bridgehead atoms. The highest BCUT2D eigenvalue weighted by atomic mass is 14.3. The number of benzene rings is 1. The van der Waals surface area contributed by atoms with E-state index >= 15 is 0 Å². The quantitative estimate of drug-likeness (QED) is 0.491. The molecule has 1 aromatic carbocycles. The number of allylic oxidation sites excluding steroid dienone is 10. The minimum atomic E-state index is -0.0962. The average molecular weight is 290 g/mol. The summed E-state index contributed by atoms with van der Waals surface area (Å²) in [6, 6.07) is 10.6. The lowest BCUT2D eigenvalue weighted by Crippen LogP contribution is -2.23. The summed E-state index contributed by atoms with van der Waals surface area (Å²) in [5.41, 5.74) is 2.42. The molecule has 0 nitrogen and oxygen atoms in total. The van der Waals surface area contributed by atoms with Crippen molar-refractivity contribution >= 4 is 0 Å². The summed E-state index contributed by atoms with van der Waals surface area (Å²) in [7, 11) is 0. The van der Waals surface area contributed by atoms with Crippen LogP contribution in [0.25, 0.3) is 0 Å². The molecule has 0 fully saturated rings. The highest BCUT2D eigenvalue weighted by Gasteiger charge is 2.27. The summed E-state index contributed by atoms with van der Waals surface area (Å²) >= 11 is 0. The van der Waals surface area contributed by atoms with Crippen molar-refractivity contribution in [2.24, 2.45) is 0 Å². The second kappa shape index (κ2) is 9.57. The Morgan fingerprint density at radius 2 is 1.77 bits per heavy atom. The van der Waals surface area contributed by atoms with Crippen molar-refractivity contribution in [1.82, 2.24) is 0 Å². The summed E-state index contributed by atoms with van der Waals surface area (Å²) in [6.45, 7) is 12.0. The Balaban J connectivity index is 3.20. The first kappa shape index (κ1) is 17.7. The lowest BCUT2D eigenvalue weighted by Gasteiger charge is -2.31. The van der Waals surface area contributed by atoms with E-state index in [9.17, 15) is 0 Å². The van der Waals surface area contributed by atoms with Crippen molar-refractivity contribution in [2.75, 3.05) is 0 Å². The van der Waals surface area contributed by atoms with Gasteiger partial charge in [-0.25, -0.2) is 0 Å². The lowest BCUT2D eigenvalue weighted by atomic mass is 9.73. The SMILES string of the molecule is C=C/C=C\C=C/CC(C)(/C(C=C)=C/C=C\C)c1ccccc1. The minimum Gasteiger partial charge on any atom is -0.0991 e. The maximum atomic E-state index is 4.01. The highest BCUT2D eigenvalue weighted by Crippen LogP contribution is 2.36. The molecular weight excluding hydrogens is 264 g/mol. The third-order valence-corrected chi connectivity index (χ3v) is 3.76. The van der Waals surface area contributed by atoms with Gasteiger partial charge >= 0.3 is 0 Å². The van der Waals surface area contributed by atoms with Crippen LogP contribution in [0.3, 0.4) is 0 Å². The molecule has 0 amide bonds. The van der Waals surface area contributed by atoms with Gasteiger partial charge in [0.2, 0.25) is 0 Å². The predicted molar refractivity (Wildman–Crippen MR) is 100.0 cm³/mol. The van der Waals surface area contributed by atoms with Crippen LogP contribution in [0, 0.1) is 0 Å². The number of hydrogen-bond acceptors (Lipinski definition) is 0. The van der Waals surface area contributed by atoms with Crippen LogP contribution in [0.2, 0.25) is 0 Å². The fourth-order valence-corrected chi connectivity index (χ4v) is 2.41. The molecular formula is C22H26. The Bertz CT molecular complexity index is 582. The molecule has 1 unspecified atom stereocenters. The molecule has 0 radical (unpaired) electrons. The zero-order valence-electron chi connectivity index (χ0n) is 13.7. The van der Waals surface area contributed by atoms with Crippen LogP contribution >= 0.6 is 0 Å². The topological polar surface area (TPSA) is 0 Å². The number of rotatable bonds is 8. The van der Waals surface area contributed by atoms with E-state index in [1.807, 2.05) is 31.2 Å². The van der Waals surface area contributed by atoms with Crippen molar-refractivity contribution in [3.63, 3.8) is 0 Å². The van der Waals surface area contributed by atoms with Crippen molar-refractivity contribution < 1.29 is 0 Å². The molecule has 0 aliphatic rings. The molecule has 0 heterocycles. The Morgan fingerprint density at radius 3 is 2.36 bits per heavy atom. The summed E-state index contributed by atoms with van der Waals surface area (Å²) in [5, 5.41) is 0. The molecule has 0 aromatic heterocycles. The van der Waals surface area contributed by atoms with Gasteiger partial charge < -0.3 is 0 Å². The second-order valence-corrected chi connectivity index (χ2v) is 5.30. The lowest BCUT2D eigenvalue weighted by molar-refractivity contribution is 0.579. The van der Waals surface area contributed by atoms with Gasteiger partial charge in [0.15, 0.2) is 0 Å². The average Bonchev–Trinajstić information content (AvgIpc) is 2.56. The van der Waals surface area contributed by atoms with Gasteiger partial charge in [0.25, 0.3) is 0 Å². The van der Waals surface area contributed by atoms with Gasteiger partial charge in [-0.2, -0.15) is 0 Å². The molecule has 22 heavy (non-hydrogen) atoms. The van der Waals surface area contributed by atoms with Crippen LogP contribution in [0.1, 0.15) is 25.8 Å². The Morgan fingerprint density at radius 1 is 1.05 bits per heavy atom. The van der Waals surface area contributed by atoms with Crippen molar-refractivity contribution in [3.8, 4) is 0 Å². The van der Waals surface area contributed by atoms with Gasteiger partial charge in [0.1, 0.15) is 0 Å². The van der Waals surface area contributed by atoms with E-state index in [-0.39, 0.29) is 5.41 Å². The summed E-state index contributed by atoms with van der Waals surface area (Å²) in [4.78, 5) is 0. The first-order chi connectivity index (χ1) is 10.7. The zero-order valence-corrected chi connectivity index (χ0v) is 13.7. The first-order valence-corrected chi connectivity index (χ1v) is 7.64. The zero-order chi connectivity index (χ0) is 16.3. The van der Waals surface area contributed by atoms with E-state index in [0.717, 1.165) is 6.42 Å². The monoisotopic (exact) mass is 290 g/mol. The van der Waals surface area contributed by atoms with Crippen LogP contribution in [0.15, 0.2) is 104 Å². The molecule has 0 saturated carbocycles. The molecule has 1 rings (SSSR count). The molecule has 0 heteroatoms. The smallest absolute Gasteiger partial charge is 0.0209 e. The standard InChI is InChI=1S/C22H26/c1-5-8-10-11-15-19-22(4,20(7-3)16-9-6-2)21-17-13-12-14-18-21/h5-18H,1,3,19H2,2,4H3/b9-6-,10-8-,15-11-,20-16+. The normalized spacial score (nSPS) is 15.5. The van der Waals surface area contributed by atoms with Crippen LogP contribution in [-0.2, 0) is 5.41 Å². The molecule has 1 aromatic rings. The van der Waals surface area contributed by atoms with E-state index in [4.69, 9.17) is 0 Å². The van der Waals surface area contributed by atoms with Crippen LogP contribution in [0.4, 0.5) is 0 Å². The third kappa shape index (κ3) is 4.89. The van der Waals surface area contributed by atoms with Gasteiger partial charge in [-0.15, -0.1) is 0 Å². The van der Waals surface area contributed by atoms with Crippen LogP contribution in [0.5, 0.6) is 0 Å². The summed E-state index contributed by atoms with van der Waals surface area (Å²) in [6.07, 6.45) is 19.1. The fourth-order valence-electron chi connectivity index (χ4n) is 2.41. The highest BCUT2D eigenvalue weighted by molar-refractivity contribution is 5.42. The van der Waals surface area contributed by atoms with E-state index in [1.54, 1.807) is 6.08 Å². The van der Waals surface area contributed by atoms with E-state index in [1.165, 1.54) is 11.1 Å². The molecule has 0 N–H and O–H groups in total. The summed E-state index contributed by atoms with van der Waals surface area (Å²) in [5.74, 6) is 0. The van der Waals surface area contributed by atoms with E-state index in [2.05, 4.69) is 74.7 Å². The van der Waals surface area contributed by atoms with Crippen molar-refractivity contribution in [3.05, 3.63) is 109 Å². The van der Waals surface area contributed by atoms with E-state index < -0.39 is 0 Å². The molecule has 0 saturated heterocycles. The van der Waals surface area contributed by atoms with Gasteiger partial charge in [0.05, 0.1) is 0 Å². The molecule has 1 atom stereocenters. The molecule has 0 spiro atoms. The Labute approximate surface area is 135 Å². The summed E-state index contributed by atoms with van der Waals surface area (Å²) < 4.78 is 0. The molecule has 0 aliphatic heterocycles. The maximum absolute atomic E-state index is 4.01. The predicted octanol–water partition coefficient (Wildman–Crippen LogP) is 6.32. The van der Waals surface area contributed by atoms with Gasteiger partial charge in [-0.1, -0.05) is 105 Å². The van der Waals surface area contributed by atoms with Crippen LogP contribution in [-0.4, -0.2) is 0 Å². The Kier molecular flexibility index (Phi) is 7.70. The first-order valence-electron chi connectivity index (χ1n) is 7.64. The third-order valence-electron chi connectivity index (χ3n) is 3.76. The largest absolute Gasteiger partial charge is 0.0991 e.